The summed E-state index contributed by atoms with van der Waals surface area (Å²) in [6.07, 6.45) is 0. The smallest absolute Gasteiger partial charge is 0.0160 e. The minimum atomic E-state index is 0. The van der Waals surface area contributed by atoms with E-state index >= 15 is 0 Å². The number of nitrogens with two attached hydrogens (primary N) is 2. The lowest BCUT2D eigenvalue weighted by atomic mass is 10.2. The molecule has 0 bridgehead atoms. The van der Waals surface area contributed by atoms with Gasteiger partial charge in [0.05, 0.1) is 0 Å². The second-order valence-corrected chi connectivity index (χ2v) is 1.72. The highest BCUT2D eigenvalue weighted by molar-refractivity contribution is 5.85. The maximum atomic E-state index is 5.31. The molecule has 0 rings (SSSR count). The van der Waals surface area contributed by atoms with Crippen LogP contribution in [0.5, 0.6) is 0 Å². The van der Waals surface area contributed by atoms with Crippen LogP contribution in [0.4, 0.5) is 0 Å². The van der Waals surface area contributed by atoms with E-state index in [-0.39, 0.29) is 24.5 Å². The van der Waals surface area contributed by atoms with Crippen LogP contribution in [0.25, 0.3) is 0 Å². The highest BCUT2D eigenvalue weighted by Gasteiger charge is 1.96. The lowest BCUT2D eigenvalue weighted by molar-refractivity contribution is 0.603. The topological polar surface area (TPSA) is 52.0 Å². The number of hydrogen-bond acceptors (Lipinski definition) is 2. The molecule has 0 unspecified atom stereocenters. The second kappa shape index (κ2) is 4.37. The Kier molecular flexibility index (Phi) is 6.40. The molecule has 0 saturated carbocycles. The van der Waals surface area contributed by atoms with Crippen molar-refractivity contribution in [3.05, 3.63) is 0 Å². The van der Waals surface area contributed by atoms with E-state index in [4.69, 9.17) is 11.5 Å². The molecule has 2 nitrogen and oxygen atoms in total. The SMILES string of the molecule is C[C@H](N)[C@H](C)N.Cl. The maximum Gasteiger partial charge on any atom is 0.0160 e. The molecule has 0 amide bonds. The van der Waals surface area contributed by atoms with Crippen molar-refractivity contribution in [2.75, 3.05) is 0 Å². The van der Waals surface area contributed by atoms with Crippen LogP contribution in [0.2, 0.25) is 0 Å². The van der Waals surface area contributed by atoms with Crippen LogP contribution in [-0.2, 0) is 0 Å². The van der Waals surface area contributed by atoms with Crippen LogP contribution >= 0.6 is 12.4 Å². The highest BCUT2D eigenvalue weighted by atomic mass is 35.5. The minimum absolute atomic E-state index is 0. The van der Waals surface area contributed by atoms with Crippen LogP contribution in [0.15, 0.2) is 0 Å². The third kappa shape index (κ3) is 6.21. The van der Waals surface area contributed by atoms with Gasteiger partial charge in [0, 0.05) is 12.1 Å². The zero-order valence-electron chi connectivity index (χ0n) is 4.72. The van der Waals surface area contributed by atoms with E-state index in [2.05, 4.69) is 0 Å². The lowest BCUT2D eigenvalue weighted by Crippen LogP contribution is -2.35. The first-order valence-corrected chi connectivity index (χ1v) is 2.15. The van der Waals surface area contributed by atoms with Gasteiger partial charge in [-0.1, -0.05) is 0 Å². The fourth-order valence-electron chi connectivity index (χ4n) is 0. The molecule has 0 aromatic heterocycles. The summed E-state index contributed by atoms with van der Waals surface area (Å²) in [6, 6.07) is 0.259. The van der Waals surface area contributed by atoms with Crippen LogP contribution in [0.1, 0.15) is 13.8 Å². The van der Waals surface area contributed by atoms with Crippen LogP contribution in [0.3, 0.4) is 0 Å². The van der Waals surface area contributed by atoms with Crippen LogP contribution in [-0.4, -0.2) is 12.1 Å². The van der Waals surface area contributed by atoms with Crippen molar-refractivity contribution in [3.63, 3.8) is 0 Å². The first kappa shape index (κ1) is 10.2. The molecule has 0 heterocycles. The molecule has 0 spiro atoms. The summed E-state index contributed by atoms with van der Waals surface area (Å²) < 4.78 is 0. The Balaban J connectivity index is 0. The molecule has 46 valence electrons. The first-order chi connectivity index (χ1) is 2.64. The Morgan fingerprint density at radius 2 is 1.14 bits per heavy atom. The Morgan fingerprint density at radius 1 is 1.00 bits per heavy atom. The summed E-state index contributed by atoms with van der Waals surface area (Å²) in [5, 5.41) is 0. The number of hydrogen-bond donors (Lipinski definition) is 2. The van der Waals surface area contributed by atoms with Crippen molar-refractivity contribution in [2.45, 2.75) is 25.9 Å². The van der Waals surface area contributed by atoms with Crippen LogP contribution < -0.4 is 11.5 Å². The summed E-state index contributed by atoms with van der Waals surface area (Å²) in [7, 11) is 0. The summed E-state index contributed by atoms with van der Waals surface area (Å²) in [6.45, 7) is 3.79. The molecule has 0 aromatic rings. The van der Waals surface area contributed by atoms with Gasteiger partial charge in [0.1, 0.15) is 0 Å². The van der Waals surface area contributed by atoms with Gasteiger partial charge < -0.3 is 11.5 Å². The predicted octanol–water partition coefficient (Wildman–Crippen LogP) is 0.103. The fourth-order valence-corrected chi connectivity index (χ4v) is 0. The van der Waals surface area contributed by atoms with E-state index in [1.807, 2.05) is 13.8 Å². The molecule has 0 saturated heterocycles. The monoisotopic (exact) mass is 124 g/mol. The molecule has 0 aromatic carbocycles. The minimum Gasteiger partial charge on any atom is -0.327 e. The molecule has 4 N–H and O–H groups in total. The molecule has 3 heteroatoms. The quantitative estimate of drug-likeness (QED) is 0.521. The third-order valence-corrected chi connectivity index (χ3v) is 0.829. The molecule has 0 fully saturated rings. The lowest BCUT2D eigenvalue weighted by Gasteiger charge is -2.06. The van der Waals surface area contributed by atoms with Gasteiger partial charge in [-0.2, -0.15) is 0 Å². The third-order valence-electron chi connectivity index (χ3n) is 0.829. The normalized spacial score (nSPS) is 17.1. The van der Waals surface area contributed by atoms with Crippen molar-refractivity contribution in [3.8, 4) is 0 Å². The zero-order valence-corrected chi connectivity index (χ0v) is 5.53. The van der Waals surface area contributed by atoms with Gasteiger partial charge in [0.25, 0.3) is 0 Å². The number of halogens is 1. The van der Waals surface area contributed by atoms with Crippen molar-refractivity contribution in [1.29, 1.82) is 0 Å². The average molecular weight is 125 g/mol. The molecule has 0 radical (unpaired) electrons. The van der Waals surface area contributed by atoms with E-state index in [9.17, 15) is 0 Å². The standard InChI is InChI=1S/C4H12N2.ClH/c1-3(5)4(2)6;/h3-4H,5-6H2,1-2H3;1H/t3-,4-;/m0./s1. The van der Waals surface area contributed by atoms with Gasteiger partial charge in [-0.05, 0) is 13.8 Å². The van der Waals surface area contributed by atoms with E-state index in [0.717, 1.165) is 0 Å². The first-order valence-electron chi connectivity index (χ1n) is 2.15. The van der Waals surface area contributed by atoms with Crippen molar-refractivity contribution in [1.82, 2.24) is 0 Å². The van der Waals surface area contributed by atoms with Gasteiger partial charge in [-0.3, -0.25) is 0 Å². The summed E-state index contributed by atoms with van der Waals surface area (Å²) in [4.78, 5) is 0. The van der Waals surface area contributed by atoms with E-state index in [1.165, 1.54) is 0 Å². The predicted molar refractivity (Wildman–Crippen MR) is 34.5 cm³/mol. The van der Waals surface area contributed by atoms with Crippen molar-refractivity contribution < 1.29 is 0 Å². The summed E-state index contributed by atoms with van der Waals surface area (Å²) in [5.41, 5.74) is 10.6. The molecule has 0 aliphatic heterocycles. The van der Waals surface area contributed by atoms with Gasteiger partial charge in [0.15, 0.2) is 0 Å². The Labute approximate surface area is 50.7 Å². The largest absolute Gasteiger partial charge is 0.327 e. The molecular weight excluding hydrogens is 112 g/mol. The Bertz CT molecular complexity index is 30.7. The van der Waals surface area contributed by atoms with Crippen molar-refractivity contribution in [2.24, 2.45) is 11.5 Å². The van der Waals surface area contributed by atoms with E-state index < -0.39 is 0 Å². The Morgan fingerprint density at radius 3 is 1.14 bits per heavy atom. The molecular formula is C4H13ClN2. The summed E-state index contributed by atoms with van der Waals surface area (Å²) >= 11 is 0. The molecule has 0 aliphatic rings. The average Bonchev–Trinajstić information content (AvgIpc) is 1.36. The van der Waals surface area contributed by atoms with Gasteiger partial charge in [0.2, 0.25) is 0 Å². The van der Waals surface area contributed by atoms with Crippen LogP contribution in [0, 0.1) is 0 Å². The maximum absolute atomic E-state index is 5.31. The molecule has 7 heavy (non-hydrogen) atoms. The zero-order chi connectivity index (χ0) is 5.15. The van der Waals surface area contributed by atoms with Gasteiger partial charge in [-0.15, -0.1) is 12.4 Å². The van der Waals surface area contributed by atoms with Gasteiger partial charge >= 0.3 is 0 Å². The van der Waals surface area contributed by atoms with E-state index in [0.29, 0.717) is 0 Å². The fraction of sp³-hybridized carbons (Fsp3) is 1.00. The molecule has 2 atom stereocenters. The highest BCUT2D eigenvalue weighted by Crippen LogP contribution is 1.77. The summed E-state index contributed by atoms with van der Waals surface area (Å²) in [5.74, 6) is 0. The Hall–Kier alpha value is 0.210. The molecule has 0 aliphatic carbocycles. The van der Waals surface area contributed by atoms with Crippen molar-refractivity contribution >= 4 is 12.4 Å². The van der Waals surface area contributed by atoms with E-state index in [1.54, 1.807) is 0 Å². The second-order valence-electron chi connectivity index (χ2n) is 1.72. The van der Waals surface area contributed by atoms with Gasteiger partial charge in [-0.25, -0.2) is 0 Å². The number of rotatable bonds is 1.